The molecule has 0 spiro atoms. The molecule has 1 aromatic carbocycles. The van der Waals surface area contributed by atoms with Gasteiger partial charge in [0, 0.05) is 11.6 Å². The average molecular weight is 243 g/mol. The van der Waals surface area contributed by atoms with Gasteiger partial charge in [0.2, 0.25) is 5.82 Å². The average Bonchev–Trinajstić information content (AvgIpc) is 2.26. The van der Waals surface area contributed by atoms with Crippen molar-refractivity contribution in [2.45, 2.75) is 19.4 Å². The third-order valence-electron chi connectivity index (χ3n) is 2.33. The van der Waals surface area contributed by atoms with Crippen LogP contribution in [0.25, 0.3) is 0 Å². The summed E-state index contributed by atoms with van der Waals surface area (Å²) < 4.78 is 13.3. The van der Waals surface area contributed by atoms with Gasteiger partial charge >= 0.3 is 5.69 Å². The molecule has 2 N–H and O–H groups in total. The van der Waals surface area contributed by atoms with Crippen molar-refractivity contribution >= 4 is 11.4 Å². The Bertz CT molecular complexity index is 478. The molecule has 17 heavy (non-hydrogen) atoms. The van der Waals surface area contributed by atoms with Crippen LogP contribution in [-0.4, -0.2) is 9.85 Å². The molecule has 1 atom stereocenters. The number of nitro groups is 2. The third-order valence-corrected chi connectivity index (χ3v) is 2.33. The van der Waals surface area contributed by atoms with E-state index >= 15 is 0 Å². The molecule has 0 aliphatic heterocycles. The van der Waals surface area contributed by atoms with Crippen molar-refractivity contribution in [2.75, 3.05) is 0 Å². The Morgan fingerprint density at radius 3 is 2.24 bits per heavy atom. The van der Waals surface area contributed by atoms with Gasteiger partial charge < -0.3 is 5.73 Å². The molecule has 7 nitrogen and oxygen atoms in total. The second-order valence-corrected chi connectivity index (χ2v) is 3.39. The third kappa shape index (κ3) is 2.53. The summed E-state index contributed by atoms with van der Waals surface area (Å²) in [5.74, 6) is -1.13. The lowest BCUT2D eigenvalue weighted by Gasteiger charge is -2.09. The summed E-state index contributed by atoms with van der Waals surface area (Å²) >= 11 is 0. The maximum Gasteiger partial charge on any atom is 0.311 e. The summed E-state index contributed by atoms with van der Waals surface area (Å²) in [5, 5.41) is 21.2. The minimum atomic E-state index is -1.13. The lowest BCUT2D eigenvalue weighted by molar-refractivity contribution is -0.396. The van der Waals surface area contributed by atoms with E-state index in [1.165, 1.54) is 0 Å². The van der Waals surface area contributed by atoms with Crippen molar-refractivity contribution in [1.82, 2.24) is 0 Å². The molecule has 8 heteroatoms. The standard InChI is InChI=1S/C9H10FN3O4/c1-2-7(11)5-3-6(10)9(13(16)17)4-8(5)12(14)15/h3-4,7H,2,11H2,1H3. The van der Waals surface area contributed by atoms with Gasteiger partial charge in [0.15, 0.2) is 0 Å². The molecule has 0 heterocycles. The first-order valence-electron chi connectivity index (χ1n) is 4.76. The van der Waals surface area contributed by atoms with Crippen LogP contribution in [0, 0.1) is 26.0 Å². The first-order valence-corrected chi connectivity index (χ1v) is 4.76. The van der Waals surface area contributed by atoms with Crippen molar-refractivity contribution in [1.29, 1.82) is 0 Å². The van der Waals surface area contributed by atoms with Gasteiger partial charge in [0.25, 0.3) is 5.69 Å². The molecular weight excluding hydrogens is 233 g/mol. The van der Waals surface area contributed by atoms with Gasteiger partial charge in [-0.05, 0) is 12.5 Å². The lowest BCUT2D eigenvalue weighted by Crippen LogP contribution is -2.12. The Hall–Kier alpha value is -2.09. The first kappa shape index (κ1) is 13.0. The highest BCUT2D eigenvalue weighted by Crippen LogP contribution is 2.31. The van der Waals surface area contributed by atoms with Crippen LogP contribution in [0.5, 0.6) is 0 Å². The summed E-state index contributed by atoms with van der Waals surface area (Å²) in [6.45, 7) is 1.67. The van der Waals surface area contributed by atoms with Gasteiger partial charge in [0.1, 0.15) is 0 Å². The SMILES string of the molecule is CCC(N)c1cc(F)c([N+](=O)[O-])cc1[N+](=O)[O-]. The Kier molecular flexibility index (Phi) is 3.69. The van der Waals surface area contributed by atoms with Crippen LogP contribution in [0.4, 0.5) is 15.8 Å². The largest absolute Gasteiger partial charge is 0.324 e. The fourth-order valence-electron chi connectivity index (χ4n) is 1.38. The van der Waals surface area contributed by atoms with Crippen molar-refractivity contribution in [3.63, 3.8) is 0 Å². The molecule has 92 valence electrons. The van der Waals surface area contributed by atoms with Crippen LogP contribution < -0.4 is 5.73 Å². The Morgan fingerprint density at radius 2 is 1.82 bits per heavy atom. The number of nitrogens with two attached hydrogens (primary N) is 1. The molecule has 0 saturated heterocycles. The normalized spacial score (nSPS) is 12.2. The minimum Gasteiger partial charge on any atom is -0.324 e. The van der Waals surface area contributed by atoms with Crippen molar-refractivity contribution in [3.05, 3.63) is 43.7 Å². The summed E-state index contributed by atoms with van der Waals surface area (Å²) in [6, 6.07) is 0.621. The number of halogens is 1. The minimum absolute atomic E-state index is 0.0411. The highest BCUT2D eigenvalue weighted by atomic mass is 19.1. The second-order valence-electron chi connectivity index (χ2n) is 3.39. The molecule has 0 aliphatic carbocycles. The van der Waals surface area contributed by atoms with Gasteiger partial charge in [-0.2, -0.15) is 4.39 Å². The topological polar surface area (TPSA) is 112 Å². The van der Waals surface area contributed by atoms with E-state index in [-0.39, 0.29) is 5.56 Å². The van der Waals surface area contributed by atoms with Gasteiger partial charge in [-0.25, -0.2) is 0 Å². The molecule has 0 fully saturated rings. The van der Waals surface area contributed by atoms with E-state index in [4.69, 9.17) is 5.73 Å². The first-order chi connectivity index (χ1) is 7.88. The summed E-state index contributed by atoms with van der Waals surface area (Å²) in [4.78, 5) is 19.4. The second kappa shape index (κ2) is 4.83. The van der Waals surface area contributed by atoms with Crippen LogP contribution in [0.1, 0.15) is 24.9 Å². The lowest BCUT2D eigenvalue weighted by atomic mass is 10.0. The smallest absolute Gasteiger partial charge is 0.311 e. The molecule has 0 amide bonds. The van der Waals surface area contributed by atoms with E-state index in [1.807, 2.05) is 0 Å². The van der Waals surface area contributed by atoms with Crippen molar-refractivity contribution < 1.29 is 14.2 Å². The van der Waals surface area contributed by atoms with Gasteiger partial charge in [0.05, 0.1) is 15.9 Å². The summed E-state index contributed by atoms with van der Waals surface area (Å²) in [5.41, 5.74) is 4.08. The van der Waals surface area contributed by atoms with Gasteiger partial charge in [-0.1, -0.05) is 6.92 Å². The van der Waals surface area contributed by atoms with E-state index in [0.717, 1.165) is 6.07 Å². The predicted molar refractivity (Wildman–Crippen MR) is 56.9 cm³/mol. The maximum absolute atomic E-state index is 13.3. The van der Waals surface area contributed by atoms with Gasteiger partial charge in [-0.15, -0.1) is 0 Å². The molecule has 0 saturated carbocycles. The number of rotatable bonds is 4. The fourth-order valence-corrected chi connectivity index (χ4v) is 1.38. The highest BCUT2D eigenvalue weighted by molar-refractivity contribution is 5.51. The Labute approximate surface area is 95.3 Å². The fraction of sp³-hybridized carbons (Fsp3) is 0.333. The number of hydrogen-bond acceptors (Lipinski definition) is 5. The van der Waals surface area contributed by atoms with Crippen molar-refractivity contribution in [3.8, 4) is 0 Å². The molecule has 1 rings (SSSR count). The monoisotopic (exact) mass is 243 g/mol. The zero-order valence-corrected chi connectivity index (χ0v) is 8.92. The van der Waals surface area contributed by atoms with Crippen LogP contribution >= 0.6 is 0 Å². The molecule has 0 radical (unpaired) electrons. The van der Waals surface area contributed by atoms with Crippen LogP contribution in [0.3, 0.4) is 0 Å². The molecule has 1 aromatic rings. The maximum atomic E-state index is 13.3. The van der Waals surface area contributed by atoms with E-state index in [0.29, 0.717) is 12.5 Å². The molecule has 1 unspecified atom stereocenters. The number of nitro benzene ring substituents is 2. The summed E-state index contributed by atoms with van der Waals surface area (Å²) in [7, 11) is 0. The van der Waals surface area contributed by atoms with E-state index in [9.17, 15) is 24.6 Å². The van der Waals surface area contributed by atoms with Crippen molar-refractivity contribution in [2.24, 2.45) is 5.73 Å². The molecular formula is C9H10FN3O4. The summed E-state index contributed by atoms with van der Waals surface area (Å²) in [6.07, 6.45) is 0.359. The Balaban J connectivity index is 3.46. The van der Waals surface area contributed by atoms with E-state index in [1.54, 1.807) is 6.92 Å². The highest BCUT2D eigenvalue weighted by Gasteiger charge is 2.26. The number of nitrogens with zero attached hydrogens (tertiary/aromatic N) is 2. The Morgan fingerprint density at radius 1 is 1.29 bits per heavy atom. The van der Waals surface area contributed by atoms with Crippen LogP contribution in [0.15, 0.2) is 12.1 Å². The van der Waals surface area contributed by atoms with Gasteiger partial charge in [-0.3, -0.25) is 20.2 Å². The quantitative estimate of drug-likeness (QED) is 0.642. The van der Waals surface area contributed by atoms with E-state index in [2.05, 4.69) is 0 Å². The molecule has 0 aliphatic rings. The number of benzene rings is 1. The predicted octanol–water partition coefficient (Wildman–Crippen LogP) is 2.05. The van der Waals surface area contributed by atoms with Crippen LogP contribution in [-0.2, 0) is 0 Å². The zero-order chi connectivity index (χ0) is 13.2. The zero-order valence-electron chi connectivity index (χ0n) is 8.92. The van der Waals surface area contributed by atoms with E-state index < -0.39 is 33.1 Å². The molecule has 0 bridgehead atoms. The molecule has 0 aromatic heterocycles. The number of hydrogen-bond donors (Lipinski definition) is 1. The van der Waals surface area contributed by atoms with Crippen LogP contribution in [0.2, 0.25) is 0 Å².